The summed E-state index contributed by atoms with van der Waals surface area (Å²) in [6, 6.07) is 16.7. The molecule has 20 heavy (non-hydrogen) atoms. The Morgan fingerprint density at radius 1 is 1.00 bits per heavy atom. The summed E-state index contributed by atoms with van der Waals surface area (Å²) >= 11 is 0. The first-order valence-corrected chi connectivity index (χ1v) is 6.78. The lowest BCUT2D eigenvalue weighted by Gasteiger charge is -2.12. The van der Waals surface area contributed by atoms with Crippen molar-refractivity contribution in [1.29, 1.82) is 0 Å². The van der Waals surface area contributed by atoms with Crippen LogP contribution < -0.4 is 10.1 Å². The van der Waals surface area contributed by atoms with Crippen molar-refractivity contribution in [2.45, 2.75) is 13.1 Å². The summed E-state index contributed by atoms with van der Waals surface area (Å²) in [5.41, 5.74) is 3.67. The maximum atomic E-state index is 5.24. The highest BCUT2D eigenvalue weighted by Gasteiger charge is 1.99. The standard InChI is InChI=1S/C17H22N2O/c1-19(2)13-15-7-4-8-16(10-15)18-12-14-6-5-9-17(11-14)20-3/h4-11,18H,12-13H2,1-3H3. The van der Waals surface area contributed by atoms with Gasteiger partial charge in [-0.3, -0.25) is 0 Å². The first kappa shape index (κ1) is 14.4. The molecule has 0 aliphatic heterocycles. The average molecular weight is 270 g/mol. The molecule has 2 aromatic rings. The molecule has 0 heterocycles. The van der Waals surface area contributed by atoms with Crippen LogP contribution in [-0.2, 0) is 13.1 Å². The van der Waals surface area contributed by atoms with Gasteiger partial charge in [-0.2, -0.15) is 0 Å². The molecule has 0 atom stereocenters. The number of hydrogen-bond donors (Lipinski definition) is 1. The molecule has 0 aliphatic rings. The van der Waals surface area contributed by atoms with Gasteiger partial charge in [0.1, 0.15) is 5.75 Å². The smallest absolute Gasteiger partial charge is 0.119 e. The molecule has 0 fully saturated rings. The molecule has 106 valence electrons. The zero-order chi connectivity index (χ0) is 14.4. The minimum Gasteiger partial charge on any atom is -0.497 e. The van der Waals surface area contributed by atoms with Crippen molar-refractivity contribution in [3.8, 4) is 5.75 Å². The highest BCUT2D eigenvalue weighted by atomic mass is 16.5. The van der Waals surface area contributed by atoms with Crippen LogP contribution in [0.15, 0.2) is 48.5 Å². The number of nitrogens with one attached hydrogen (secondary N) is 1. The molecule has 0 unspecified atom stereocenters. The maximum Gasteiger partial charge on any atom is 0.119 e. The number of hydrogen-bond acceptors (Lipinski definition) is 3. The van der Waals surface area contributed by atoms with Crippen molar-refractivity contribution in [3.63, 3.8) is 0 Å². The van der Waals surface area contributed by atoms with Crippen molar-refractivity contribution in [2.24, 2.45) is 0 Å². The van der Waals surface area contributed by atoms with Gasteiger partial charge in [0.05, 0.1) is 7.11 Å². The Bertz CT molecular complexity index is 552. The molecule has 0 spiro atoms. The van der Waals surface area contributed by atoms with Crippen molar-refractivity contribution < 1.29 is 4.74 Å². The van der Waals surface area contributed by atoms with Crippen molar-refractivity contribution in [2.75, 3.05) is 26.5 Å². The lowest BCUT2D eigenvalue weighted by atomic mass is 10.1. The van der Waals surface area contributed by atoms with E-state index < -0.39 is 0 Å². The predicted molar refractivity (Wildman–Crippen MR) is 84.2 cm³/mol. The second-order valence-corrected chi connectivity index (χ2v) is 5.14. The highest BCUT2D eigenvalue weighted by molar-refractivity contribution is 5.46. The Morgan fingerprint density at radius 3 is 2.50 bits per heavy atom. The predicted octanol–water partition coefficient (Wildman–Crippen LogP) is 3.37. The number of benzene rings is 2. The van der Waals surface area contributed by atoms with Gasteiger partial charge in [-0.05, 0) is 49.5 Å². The maximum absolute atomic E-state index is 5.24. The van der Waals surface area contributed by atoms with Crippen LogP contribution in [0.3, 0.4) is 0 Å². The Hall–Kier alpha value is -2.00. The van der Waals surface area contributed by atoms with Gasteiger partial charge in [-0.1, -0.05) is 24.3 Å². The second-order valence-electron chi connectivity index (χ2n) is 5.14. The number of anilines is 1. The largest absolute Gasteiger partial charge is 0.497 e. The monoisotopic (exact) mass is 270 g/mol. The van der Waals surface area contributed by atoms with E-state index >= 15 is 0 Å². The summed E-state index contributed by atoms with van der Waals surface area (Å²) in [6.07, 6.45) is 0. The number of nitrogens with zero attached hydrogens (tertiary/aromatic N) is 1. The van der Waals surface area contributed by atoms with Gasteiger partial charge in [0.25, 0.3) is 0 Å². The molecule has 0 saturated heterocycles. The molecule has 0 saturated carbocycles. The van der Waals surface area contributed by atoms with E-state index in [0.29, 0.717) is 0 Å². The second kappa shape index (κ2) is 6.96. The summed E-state index contributed by atoms with van der Waals surface area (Å²) in [5.74, 6) is 0.894. The van der Waals surface area contributed by atoms with E-state index in [-0.39, 0.29) is 0 Å². The third-order valence-electron chi connectivity index (χ3n) is 3.06. The van der Waals surface area contributed by atoms with Gasteiger partial charge >= 0.3 is 0 Å². The molecule has 0 aliphatic carbocycles. The summed E-state index contributed by atoms with van der Waals surface area (Å²) in [7, 11) is 5.85. The molecule has 0 aromatic heterocycles. The van der Waals surface area contributed by atoms with Gasteiger partial charge < -0.3 is 15.0 Å². The SMILES string of the molecule is COc1cccc(CNc2cccc(CN(C)C)c2)c1. The minimum absolute atomic E-state index is 0.794. The van der Waals surface area contributed by atoms with E-state index in [1.54, 1.807) is 7.11 Å². The van der Waals surface area contributed by atoms with Crippen LogP contribution in [0, 0.1) is 0 Å². The first-order valence-electron chi connectivity index (χ1n) is 6.78. The van der Waals surface area contributed by atoms with Crippen LogP contribution in [0.4, 0.5) is 5.69 Å². The van der Waals surface area contributed by atoms with Crippen LogP contribution in [0.5, 0.6) is 5.75 Å². The van der Waals surface area contributed by atoms with E-state index in [9.17, 15) is 0 Å². The topological polar surface area (TPSA) is 24.5 Å². The van der Waals surface area contributed by atoms with Crippen LogP contribution in [0.25, 0.3) is 0 Å². The highest BCUT2D eigenvalue weighted by Crippen LogP contribution is 2.16. The molecule has 0 bridgehead atoms. The summed E-state index contributed by atoms with van der Waals surface area (Å²) in [4.78, 5) is 2.17. The lowest BCUT2D eigenvalue weighted by molar-refractivity contribution is 0.402. The Balaban J connectivity index is 1.99. The molecule has 2 aromatic carbocycles. The fourth-order valence-corrected chi connectivity index (χ4v) is 2.13. The van der Waals surface area contributed by atoms with Crippen LogP contribution in [0.1, 0.15) is 11.1 Å². The first-order chi connectivity index (χ1) is 9.67. The molecule has 3 heteroatoms. The Labute approximate surface area is 121 Å². The van der Waals surface area contributed by atoms with Crippen molar-refractivity contribution >= 4 is 5.69 Å². The van der Waals surface area contributed by atoms with Gasteiger partial charge in [-0.15, -0.1) is 0 Å². The van der Waals surface area contributed by atoms with Gasteiger partial charge in [-0.25, -0.2) is 0 Å². The van der Waals surface area contributed by atoms with E-state index in [1.807, 2.05) is 12.1 Å². The third-order valence-corrected chi connectivity index (χ3v) is 3.06. The molecule has 1 N–H and O–H groups in total. The summed E-state index contributed by atoms with van der Waals surface area (Å²) in [5, 5.41) is 3.45. The molecular weight excluding hydrogens is 248 g/mol. The summed E-state index contributed by atoms with van der Waals surface area (Å²) < 4.78 is 5.24. The molecule has 2 rings (SSSR count). The van der Waals surface area contributed by atoms with E-state index in [1.165, 1.54) is 11.1 Å². The normalized spacial score (nSPS) is 10.6. The fourth-order valence-electron chi connectivity index (χ4n) is 2.13. The fraction of sp³-hybridized carbons (Fsp3) is 0.294. The molecule has 0 amide bonds. The van der Waals surface area contributed by atoms with E-state index in [2.05, 4.69) is 60.7 Å². The zero-order valence-corrected chi connectivity index (χ0v) is 12.4. The third kappa shape index (κ3) is 4.28. The Morgan fingerprint density at radius 2 is 1.75 bits per heavy atom. The van der Waals surface area contributed by atoms with Gasteiger partial charge in [0, 0.05) is 18.8 Å². The minimum atomic E-state index is 0.794. The lowest BCUT2D eigenvalue weighted by Crippen LogP contribution is -2.10. The van der Waals surface area contributed by atoms with Crippen molar-refractivity contribution in [1.82, 2.24) is 4.90 Å². The van der Waals surface area contributed by atoms with Gasteiger partial charge in [0.15, 0.2) is 0 Å². The molecule has 3 nitrogen and oxygen atoms in total. The number of methoxy groups -OCH3 is 1. The number of ether oxygens (including phenoxy) is 1. The average Bonchev–Trinajstić information content (AvgIpc) is 2.45. The van der Waals surface area contributed by atoms with Crippen LogP contribution >= 0.6 is 0 Å². The van der Waals surface area contributed by atoms with Crippen LogP contribution in [-0.4, -0.2) is 26.1 Å². The quantitative estimate of drug-likeness (QED) is 0.871. The number of rotatable bonds is 6. The Kier molecular flexibility index (Phi) is 5.02. The van der Waals surface area contributed by atoms with E-state index in [0.717, 1.165) is 24.5 Å². The van der Waals surface area contributed by atoms with Crippen molar-refractivity contribution in [3.05, 3.63) is 59.7 Å². The van der Waals surface area contributed by atoms with Crippen LogP contribution in [0.2, 0.25) is 0 Å². The zero-order valence-electron chi connectivity index (χ0n) is 12.4. The van der Waals surface area contributed by atoms with E-state index in [4.69, 9.17) is 4.74 Å². The summed E-state index contributed by atoms with van der Waals surface area (Å²) in [6.45, 7) is 1.75. The van der Waals surface area contributed by atoms with Gasteiger partial charge in [0.2, 0.25) is 0 Å². The molecular formula is C17H22N2O. The molecule has 0 radical (unpaired) electrons.